The molecule has 0 atom stereocenters. The highest BCUT2D eigenvalue weighted by atomic mass is 79.9. The third kappa shape index (κ3) is 5.24. The van der Waals surface area contributed by atoms with Gasteiger partial charge in [-0.05, 0) is 59.7 Å². The Bertz CT molecular complexity index is 1410. The highest BCUT2D eigenvalue weighted by molar-refractivity contribution is 9.10. The van der Waals surface area contributed by atoms with Crippen LogP contribution < -0.4 is 15.0 Å². The maximum Gasteiger partial charge on any atom is 0.335 e. The lowest BCUT2D eigenvalue weighted by Gasteiger charge is -2.26. The Morgan fingerprint density at radius 3 is 2.51 bits per heavy atom. The number of hydrogen-bond donors (Lipinski definition) is 1. The summed E-state index contributed by atoms with van der Waals surface area (Å²) in [6.45, 7) is 0. The number of benzene rings is 3. The molecule has 1 aliphatic rings. The van der Waals surface area contributed by atoms with Crippen LogP contribution in [0, 0.1) is 5.82 Å². The molecule has 10 heteroatoms. The van der Waals surface area contributed by atoms with E-state index >= 15 is 0 Å². The molecule has 1 N–H and O–H groups in total. The predicted octanol–water partition coefficient (Wildman–Crippen LogP) is 6.16. The Morgan fingerprint density at radius 1 is 1.06 bits per heavy atom. The number of anilines is 1. The van der Waals surface area contributed by atoms with Crippen LogP contribution in [0.25, 0.3) is 6.08 Å². The molecule has 1 saturated heterocycles. The number of urea groups is 1. The van der Waals surface area contributed by atoms with Crippen molar-refractivity contribution in [2.75, 3.05) is 12.0 Å². The van der Waals surface area contributed by atoms with Gasteiger partial charge in [-0.2, -0.15) is 0 Å². The van der Waals surface area contributed by atoms with Gasteiger partial charge in [0.15, 0.2) is 0 Å². The van der Waals surface area contributed by atoms with Crippen molar-refractivity contribution in [2.45, 2.75) is 6.42 Å². The molecule has 0 saturated carbocycles. The second-order valence-corrected chi connectivity index (χ2v) is 9.22. The first-order valence-electron chi connectivity index (χ1n) is 10.2. The quantitative estimate of drug-likeness (QED) is 0.291. The molecular weight excluding hydrogens is 562 g/mol. The number of halogens is 4. The number of carbonyl (C=O) groups excluding carboxylic acids is 3. The van der Waals surface area contributed by atoms with E-state index in [0.717, 1.165) is 16.0 Å². The Hall–Kier alpha value is -3.20. The second-order valence-electron chi connectivity index (χ2n) is 7.55. The molecule has 4 rings (SSSR count). The molecule has 0 unspecified atom stereocenters. The van der Waals surface area contributed by atoms with Gasteiger partial charge in [0.25, 0.3) is 11.8 Å². The van der Waals surface area contributed by atoms with E-state index in [-0.39, 0.29) is 27.1 Å². The molecular formula is C25H16BrCl2FN2O4. The molecule has 6 nitrogen and oxygen atoms in total. The summed E-state index contributed by atoms with van der Waals surface area (Å²) in [5.74, 6) is -1.54. The SMILES string of the molecule is COc1cc(/C=C2\C(=O)NC(=O)N(c3ccc(Cl)c(Cl)c3)C2=O)cc(Br)c1Cc1cccc(F)c1. The van der Waals surface area contributed by atoms with Crippen molar-refractivity contribution in [3.05, 3.63) is 97.2 Å². The number of hydrogen-bond acceptors (Lipinski definition) is 4. The first-order chi connectivity index (χ1) is 16.7. The first kappa shape index (κ1) is 24.9. The highest BCUT2D eigenvalue weighted by Gasteiger charge is 2.37. The van der Waals surface area contributed by atoms with Crippen LogP contribution in [0.15, 0.2) is 64.6 Å². The molecule has 3 aromatic carbocycles. The van der Waals surface area contributed by atoms with Crippen LogP contribution >= 0.6 is 39.1 Å². The number of imide groups is 2. The van der Waals surface area contributed by atoms with Crippen LogP contribution in [0.5, 0.6) is 5.75 Å². The molecule has 4 amide bonds. The Labute approximate surface area is 218 Å². The van der Waals surface area contributed by atoms with Crippen molar-refractivity contribution in [3.63, 3.8) is 0 Å². The van der Waals surface area contributed by atoms with Gasteiger partial charge in [0, 0.05) is 16.5 Å². The van der Waals surface area contributed by atoms with E-state index in [1.807, 2.05) is 0 Å². The molecule has 178 valence electrons. The maximum atomic E-state index is 13.6. The second kappa shape index (κ2) is 10.2. The lowest BCUT2D eigenvalue weighted by molar-refractivity contribution is -0.122. The summed E-state index contributed by atoms with van der Waals surface area (Å²) in [4.78, 5) is 38.9. The van der Waals surface area contributed by atoms with E-state index in [2.05, 4.69) is 21.2 Å². The number of methoxy groups -OCH3 is 1. The summed E-state index contributed by atoms with van der Waals surface area (Å²) in [5, 5.41) is 2.56. The van der Waals surface area contributed by atoms with E-state index in [1.54, 1.807) is 24.3 Å². The molecule has 35 heavy (non-hydrogen) atoms. The Kier molecular flexibility index (Phi) is 7.25. The van der Waals surface area contributed by atoms with Crippen molar-refractivity contribution in [1.29, 1.82) is 0 Å². The number of rotatable bonds is 5. The molecule has 3 aromatic rings. The molecule has 0 aromatic heterocycles. The summed E-state index contributed by atoms with van der Waals surface area (Å²) in [6.07, 6.45) is 1.74. The normalized spacial score (nSPS) is 14.9. The minimum Gasteiger partial charge on any atom is -0.496 e. The number of barbiturate groups is 1. The number of nitrogens with one attached hydrogen (secondary N) is 1. The molecule has 0 radical (unpaired) electrons. The maximum absolute atomic E-state index is 13.6. The van der Waals surface area contributed by atoms with Gasteiger partial charge >= 0.3 is 6.03 Å². The smallest absolute Gasteiger partial charge is 0.335 e. The number of carbonyl (C=O) groups is 3. The van der Waals surface area contributed by atoms with E-state index < -0.39 is 17.8 Å². The topological polar surface area (TPSA) is 75.7 Å². The Morgan fingerprint density at radius 2 is 1.83 bits per heavy atom. The van der Waals surface area contributed by atoms with Crippen molar-refractivity contribution >= 4 is 68.7 Å². The zero-order valence-corrected chi connectivity index (χ0v) is 21.2. The zero-order chi connectivity index (χ0) is 25.3. The van der Waals surface area contributed by atoms with Gasteiger partial charge in [-0.15, -0.1) is 0 Å². The average molecular weight is 578 g/mol. The van der Waals surface area contributed by atoms with Crippen LogP contribution in [0.2, 0.25) is 10.0 Å². The van der Waals surface area contributed by atoms with Gasteiger partial charge in [-0.25, -0.2) is 14.1 Å². The standard InChI is InChI=1S/C25H16BrCl2FN2O4/c1-35-22-11-14(10-19(26)17(22)8-13-3-2-4-15(29)7-13)9-18-23(32)30-25(34)31(24(18)33)16-5-6-20(27)21(28)12-16/h2-7,9-12H,8H2,1H3,(H,30,32,34)/b18-9+. The summed E-state index contributed by atoms with van der Waals surface area (Å²) >= 11 is 15.5. The van der Waals surface area contributed by atoms with Gasteiger partial charge in [0.05, 0.1) is 22.8 Å². The summed E-state index contributed by atoms with van der Waals surface area (Å²) < 4.78 is 19.8. The van der Waals surface area contributed by atoms with E-state index in [0.29, 0.717) is 22.2 Å². The lowest BCUT2D eigenvalue weighted by atomic mass is 10.0. The molecule has 0 bridgehead atoms. The Balaban J connectivity index is 1.71. The van der Waals surface area contributed by atoms with Crippen LogP contribution in [-0.2, 0) is 16.0 Å². The van der Waals surface area contributed by atoms with Gasteiger partial charge in [-0.1, -0.05) is 51.3 Å². The third-order valence-electron chi connectivity index (χ3n) is 5.24. The van der Waals surface area contributed by atoms with Crippen LogP contribution in [0.1, 0.15) is 16.7 Å². The van der Waals surface area contributed by atoms with Gasteiger partial charge in [-0.3, -0.25) is 14.9 Å². The van der Waals surface area contributed by atoms with Gasteiger partial charge < -0.3 is 4.74 Å². The number of nitrogens with zero attached hydrogens (tertiary/aromatic N) is 1. The number of amides is 4. The van der Waals surface area contributed by atoms with E-state index in [1.165, 1.54) is 43.5 Å². The predicted molar refractivity (Wildman–Crippen MR) is 135 cm³/mol. The average Bonchev–Trinajstić information content (AvgIpc) is 2.80. The monoisotopic (exact) mass is 576 g/mol. The van der Waals surface area contributed by atoms with Gasteiger partial charge in [0.1, 0.15) is 17.1 Å². The minimum atomic E-state index is -0.903. The summed E-state index contributed by atoms with van der Waals surface area (Å²) in [5.41, 5.74) is 1.87. The summed E-state index contributed by atoms with van der Waals surface area (Å²) in [6, 6.07) is 12.9. The van der Waals surface area contributed by atoms with Gasteiger partial charge in [0.2, 0.25) is 0 Å². The fourth-order valence-corrected chi connectivity index (χ4v) is 4.49. The number of ether oxygens (including phenoxy) is 1. The molecule has 0 aliphatic carbocycles. The fourth-order valence-electron chi connectivity index (χ4n) is 3.60. The van der Waals surface area contributed by atoms with Crippen LogP contribution in [0.4, 0.5) is 14.9 Å². The molecule has 0 spiro atoms. The van der Waals surface area contributed by atoms with Crippen LogP contribution in [-0.4, -0.2) is 25.0 Å². The minimum absolute atomic E-state index is 0.148. The van der Waals surface area contributed by atoms with Crippen LogP contribution in [0.3, 0.4) is 0 Å². The van der Waals surface area contributed by atoms with E-state index in [9.17, 15) is 18.8 Å². The first-order valence-corrected chi connectivity index (χ1v) is 11.7. The van der Waals surface area contributed by atoms with Crippen molar-refractivity contribution < 1.29 is 23.5 Å². The molecule has 1 heterocycles. The third-order valence-corrected chi connectivity index (χ3v) is 6.69. The zero-order valence-electron chi connectivity index (χ0n) is 18.1. The summed E-state index contributed by atoms with van der Waals surface area (Å²) in [7, 11) is 1.48. The fraction of sp³-hybridized carbons (Fsp3) is 0.0800. The lowest BCUT2D eigenvalue weighted by Crippen LogP contribution is -2.54. The van der Waals surface area contributed by atoms with E-state index in [4.69, 9.17) is 27.9 Å². The van der Waals surface area contributed by atoms with Crippen molar-refractivity contribution in [2.24, 2.45) is 0 Å². The largest absolute Gasteiger partial charge is 0.496 e. The van der Waals surface area contributed by atoms with Crippen molar-refractivity contribution in [1.82, 2.24) is 5.32 Å². The van der Waals surface area contributed by atoms with Crippen molar-refractivity contribution in [3.8, 4) is 5.75 Å². The highest BCUT2D eigenvalue weighted by Crippen LogP contribution is 2.33. The molecule has 1 fully saturated rings. The molecule has 1 aliphatic heterocycles.